The van der Waals surface area contributed by atoms with Crippen molar-refractivity contribution in [3.63, 3.8) is 0 Å². The molecule has 1 aliphatic carbocycles. The number of carbonyl (C=O) groups excluding carboxylic acids is 1. The van der Waals surface area contributed by atoms with Crippen LogP contribution in [-0.2, 0) is 14.3 Å². The number of hydrogen-bond acceptors (Lipinski definition) is 7. The lowest BCUT2D eigenvalue weighted by Gasteiger charge is -2.45. The lowest BCUT2D eigenvalue weighted by Crippen LogP contribution is -2.60. The van der Waals surface area contributed by atoms with E-state index in [1.165, 1.54) is 11.3 Å². The SMILES string of the molecule is Cc1cc2cnc(NC(=O)[C@H]3CC34CCOCC4)cc2cc1N1CCN([C@]2(C)COC[C@@H]2O)CC1. The molecule has 6 rings (SSSR count). The van der Waals surface area contributed by atoms with Gasteiger partial charge in [-0.25, -0.2) is 4.98 Å². The number of pyridine rings is 1. The van der Waals surface area contributed by atoms with Gasteiger partial charge >= 0.3 is 0 Å². The van der Waals surface area contributed by atoms with E-state index in [9.17, 15) is 9.90 Å². The first-order valence-electron chi connectivity index (χ1n) is 12.9. The standard InChI is InChI=1S/C27H36N4O4/c1-18-11-20-15-28-24(29-25(33)21-14-27(21)3-9-34-10-4-27)13-19(20)12-22(18)30-5-7-31(8-6-30)26(2)17-35-16-23(26)32/h11-13,15,21,23,32H,3-10,14,16-17H2,1-2H3,(H,28,29,33)/t21-,23+,26-/m1/s1. The highest BCUT2D eigenvalue weighted by Gasteiger charge is 2.58. The van der Waals surface area contributed by atoms with Crippen LogP contribution >= 0.6 is 0 Å². The van der Waals surface area contributed by atoms with E-state index < -0.39 is 6.10 Å². The number of amides is 1. The van der Waals surface area contributed by atoms with Crippen molar-refractivity contribution >= 4 is 28.2 Å². The second-order valence-electron chi connectivity index (χ2n) is 11.1. The van der Waals surface area contributed by atoms with Crippen molar-refractivity contribution in [1.29, 1.82) is 0 Å². The van der Waals surface area contributed by atoms with Gasteiger partial charge in [0.05, 0.1) is 24.9 Å². The maximum Gasteiger partial charge on any atom is 0.229 e. The fourth-order valence-corrected chi connectivity index (χ4v) is 6.38. The molecule has 1 aromatic heterocycles. The summed E-state index contributed by atoms with van der Waals surface area (Å²) in [5.74, 6) is 0.799. The smallest absolute Gasteiger partial charge is 0.229 e. The van der Waals surface area contributed by atoms with Crippen LogP contribution in [0.25, 0.3) is 10.8 Å². The van der Waals surface area contributed by atoms with Crippen molar-refractivity contribution in [2.75, 3.05) is 62.8 Å². The highest BCUT2D eigenvalue weighted by Crippen LogP contribution is 2.59. The van der Waals surface area contributed by atoms with Crippen molar-refractivity contribution in [2.24, 2.45) is 11.3 Å². The molecule has 0 unspecified atom stereocenters. The summed E-state index contributed by atoms with van der Waals surface area (Å²) < 4.78 is 11.0. The Kier molecular flexibility index (Phi) is 5.75. The minimum atomic E-state index is -0.436. The number of rotatable bonds is 4. The number of aromatic nitrogens is 1. The Morgan fingerprint density at radius 1 is 1.11 bits per heavy atom. The molecule has 3 saturated heterocycles. The van der Waals surface area contributed by atoms with Crippen molar-refractivity contribution in [3.05, 3.63) is 30.0 Å². The minimum absolute atomic E-state index is 0.0828. The maximum absolute atomic E-state index is 12.9. The van der Waals surface area contributed by atoms with Crippen molar-refractivity contribution < 1.29 is 19.4 Å². The summed E-state index contributed by atoms with van der Waals surface area (Å²) in [7, 11) is 0. The Bertz CT molecular complexity index is 1130. The molecule has 35 heavy (non-hydrogen) atoms. The summed E-state index contributed by atoms with van der Waals surface area (Å²) in [4.78, 5) is 22.2. The molecule has 3 atom stereocenters. The molecule has 1 amide bonds. The molecule has 1 spiro atoms. The van der Waals surface area contributed by atoms with Gasteiger partial charge in [0.1, 0.15) is 5.82 Å². The Hall–Kier alpha value is -2.26. The van der Waals surface area contributed by atoms with E-state index in [-0.39, 0.29) is 22.8 Å². The van der Waals surface area contributed by atoms with Gasteiger partial charge in [-0.15, -0.1) is 0 Å². The van der Waals surface area contributed by atoms with Crippen molar-refractivity contribution in [1.82, 2.24) is 9.88 Å². The highest BCUT2D eigenvalue weighted by molar-refractivity contribution is 5.97. The number of hydrogen-bond donors (Lipinski definition) is 2. The third kappa shape index (κ3) is 4.10. The predicted octanol–water partition coefficient (Wildman–Crippen LogP) is 2.57. The van der Waals surface area contributed by atoms with Gasteiger partial charge in [0.25, 0.3) is 0 Å². The number of aryl methyl sites for hydroxylation is 1. The quantitative estimate of drug-likeness (QED) is 0.696. The summed E-state index contributed by atoms with van der Waals surface area (Å²) in [6.45, 7) is 10.4. The number of piperazine rings is 1. The first-order chi connectivity index (χ1) is 16.9. The molecule has 188 valence electrons. The number of nitrogens with one attached hydrogen (secondary N) is 1. The third-order valence-corrected chi connectivity index (χ3v) is 9.01. The van der Waals surface area contributed by atoms with E-state index in [1.54, 1.807) is 0 Å². The van der Waals surface area contributed by atoms with E-state index in [1.807, 2.05) is 12.3 Å². The molecule has 4 aliphatic rings. The second-order valence-corrected chi connectivity index (χ2v) is 11.1. The Labute approximate surface area is 206 Å². The topological polar surface area (TPSA) is 87.2 Å². The molecule has 1 saturated carbocycles. The van der Waals surface area contributed by atoms with Gasteiger partial charge in [0.2, 0.25) is 5.91 Å². The molecule has 0 bridgehead atoms. The Balaban J connectivity index is 1.15. The van der Waals surface area contributed by atoms with E-state index in [0.717, 1.165) is 69.4 Å². The van der Waals surface area contributed by atoms with Crippen LogP contribution in [0.1, 0.15) is 31.7 Å². The van der Waals surface area contributed by atoms with Gasteiger partial charge in [-0.05, 0) is 67.7 Å². The average molecular weight is 481 g/mol. The number of fused-ring (bicyclic) bond motifs is 1. The third-order valence-electron chi connectivity index (χ3n) is 9.01. The van der Waals surface area contributed by atoms with E-state index >= 15 is 0 Å². The number of anilines is 2. The monoisotopic (exact) mass is 480 g/mol. The zero-order valence-corrected chi connectivity index (χ0v) is 20.8. The predicted molar refractivity (Wildman–Crippen MR) is 135 cm³/mol. The maximum atomic E-state index is 12.9. The molecular formula is C27H36N4O4. The fourth-order valence-electron chi connectivity index (χ4n) is 6.38. The average Bonchev–Trinajstić information content (AvgIpc) is 3.44. The molecule has 0 radical (unpaired) electrons. The van der Waals surface area contributed by atoms with Gasteiger partial charge in [-0.2, -0.15) is 0 Å². The number of aliphatic hydroxyl groups excluding tert-OH is 1. The van der Waals surface area contributed by atoms with Gasteiger partial charge in [0.15, 0.2) is 0 Å². The number of nitrogens with zero attached hydrogens (tertiary/aromatic N) is 3. The lowest BCUT2D eigenvalue weighted by molar-refractivity contribution is -0.118. The first-order valence-corrected chi connectivity index (χ1v) is 12.9. The summed E-state index contributed by atoms with van der Waals surface area (Å²) in [6.07, 6.45) is 4.36. The summed E-state index contributed by atoms with van der Waals surface area (Å²) in [5, 5.41) is 15.7. The Morgan fingerprint density at radius 2 is 1.89 bits per heavy atom. The molecular weight excluding hydrogens is 444 g/mol. The number of aliphatic hydroxyl groups is 1. The number of carbonyl (C=O) groups is 1. The van der Waals surface area contributed by atoms with E-state index in [4.69, 9.17) is 9.47 Å². The van der Waals surface area contributed by atoms with Crippen LogP contribution in [0.3, 0.4) is 0 Å². The van der Waals surface area contributed by atoms with Crippen LogP contribution in [0, 0.1) is 18.3 Å². The fraction of sp³-hybridized carbons (Fsp3) is 0.630. The van der Waals surface area contributed by atoms with Crippen LogP contribution in [0.5, 0.6) is 0 Å². The molecule has 2 aromatic rings. The molecule has 4 fully saturated rings. The summed E-state index contributed by atoms with van der Waals surface area (Å²) in [6, 6.07) is 6.41. The van der Waals surface area contributed by atoms with Crippen LogP contribution < -0.4 is 10.2 Å². The lowest BCUT2D eigenvalue weighted by atomic mass is 9.93. The molecule has 1 aromatic carbocycles. The molecule has 8 heteroatoms. The molecule has 8 nitrogen and oxygen atoms in total. The van der Waals surface area contributed by atoms with Crippen LogP contribution in [-0.4, -0.2) is 85.1 Å². The van der Waals surface area contributed by atoms with Gasteiger partial charge in [-0.3, -0.25) is 9.69 Å². The van der Waals surface area contributed by atoms with Crippen molar-refractivity contribution in [2.45, 2.75) is 44.8 Å². The van der Waals surface area contributed by atoms with Gasteiger partial charge < -0.3 is 24.8 Å². The second kappa shape index (κ2) is 8.69. The highest BCUT2D eigenvalue weighted by atomic mass is 16.5. The Morgan fingerprint density at radius 3 is 2.60 bits per heavy atom. The van der Waals surface area contributed by atoms with E-state index in [2.05, 4.69) is 46.1 Å². The first kappa shape index (κ1) is 23.2. The molecule has 3 aliphatic heterocycles. The van der Waals surface area contributed by atoms with Crippen LogP contribution in [0.4, 0.5) is 11.5 Å². The zero-order valence-electron chi connectivity index (χ0n) is 20.8. The van der Waals surface area contributed by atoms with Crippen LogP contribution in [0.15, 0.2) is 24.4 Å². The summed E-state index contributed by atoms with van der Waals surface area (Å²) >= 11 is 0. The van der Waals surface area contributed by atoms with Crippen molar-refractivity contribution in [3.8, 4) is 0 Å². The van der Waals surface area contributed by atoms with E-state index in [0.29, 0.717) is 19.0 Å². The summed E-state index contributed by atoms with van der Waals surface area (Å²) in [5.41, 5.74) is 2.30. The number of benzene rings is 1. The largest absolute Gasteiger partial charge is 0.389 e. The van der Waals surface area contributed by atoms with Gasteiger partial charge in [-0.1, -0.05) is 0 Å². The normalized spacial score (nSPS) is 30.7. The van der Waals surface area contributed by atoms with Gasteiger partial charge in [0, 0.05) is 62.6 Å². The zero-order chi connectivity index (χ0) is 24.2. The number of ether oxygens (including phenoxy) is 2. The minimum Gasteiger partial charge on any atom is -0.389 e. The molecule has 2 N–H and O–H groups in total. The van der Waals surface area contributed by atoms with Crippen LogP contribution in [0.2, 0.25) is 0 Å². The molecule has 4 heterocycles.